The fourth-order valence-electron chi connectivity index (χ4n) is 3.05. The first-order chi connectivity index (χ1) is 15.0. The van der Waals surface area contributed by atoms with Crippen LogP contribution in [0.5, 0.6) is 0 Å². The summed E-state index contributed by atoms with van der Waals surface area (Å²) in [4.78, 5) is 23.5. The van der Waals surface area contributed by atoms with E-state index in [0.717, 1.165) is 22.5 Å². The van der Waals surface area contributed by atoms with Gasteiger partial charge in [-0.2, -0.15) is 0 Å². The van der Waals surface area contributed by atoms with Crippen LogP contribution in [0.1, 0.15) is 27.0 Å². The molecular formula is C25H22ClNO3S. The number of ketones is 1. The van der Waals surface area contributed by atoms with Gasteiger partial charge in [-0.05, 0) is 42.3 Å². The third-order valence-corrected chi connectivity index (χ3v) is 5.77. The molecule has 0 fully saturated rings. The molecule has 0 amide bonds. The third-order valence-electron chi connectivity index (χ3n) is 4.58. The van der Waals surface area contributed by atoms with Gasteiger partial charge in [0.2, 0.25) is 0 Å². The minimum atomic E-state index is -0.818. The molecule has 0 aliphatic rings. The predicted octanol–water partition coefficient (Wildman–Crippen LogP) is 6.45. The van der Waals surface area contributed by atoms with Gasteiger partial charge in [0.25, 0.3) is 0 Å². The number of para-hydroxylation sites is 1. The maximum absolute atomic E-state index is 12.9. The van der Waals surface area contributed by atoms with Crippen LogP contribution in [0, 0.1) is 6.92 Å². The van der Waals surface area contributed by atoms with E-state index in [1.165, 1.54) is 11.8 Å². The molecule has 3 aromatic carbocycles. The van der Waals surface area contributed by atoms with Crippen molar-refractivity contribution in [3.63, 3.8) is 0 Å². The van der Waals surface area contributed by atoms with Crippen LogP contribution in [0.15, 0.2) is 72.8 Å². The summed E-state index contributed by atoms with van der Waals surface area (Å²) in [6, 6.07) is 20.5. The second kappa shape index (κ2) is 10.8. The maximum atomic E-state index is 12.9. The first kappa shape index (κ1) is 22.7. The number of carbonyl (C=O) groups excluding carboxylic acids is 1. The number of halogens is 1. The molecule has 0 heterocycles. The van der Waals surface area contributed by atoms with Gasteiger partial charge in [0.05, 0.1) is 10.8 Å². The minimum absolute atomic E-state index is 0.0797. The number of benzene rings is 3. The molecule has 2 N–H and O–H groups in total. The van der Waals surface area contributed by atoms with E-state index in [1.54, 1.807) is 18.2 Å². The summed E-state index contributed by atoms with van der Waals surface area (Å²) in [5, 5.41) is 12.4. The number of hydrogen-bond acceptors (Lipinski definition) is 4. The van der Waals surface area contributed by atoms with E-state index < -0.39 is 5.97 Å². The molecule has 0 atom stereocenters. The number of carboxylic acid groups (broad SMARTS) is 1. The Morgan fingerprint density at radius 1 is 1.03 bits per heavy atom. The average molecular weight is 452 g/mol. The van der Waals surface area contributed by atoms with Crippen molar-refractivity contribution in [2.45, 2.75) is 6.92 Å². The predicted molar refractivity (Wildman–Crippen MR) is 130 cm³/mol. The molecule has 3 aromatic rings. The zero-order chi connectivity index (χ0) is 22.2. The standard InChI is InChI=1S/C25H22ClNO3S/c1-17-7-2-4-10-20(17)25(30)21-13-12-19(15-22(21)26)27-23-11-5-3-8-18(23)9-6-14-31-16-24(28)29/h2-13,15,27H,14,16H2,1H3,(H,28,29)/b9-6+. The highest BCUT2D eigenvalue weighted by atomic mass is 35.5. The lowest BCUT2D eigenvalue weighted by Gasteiger charge is -2.12. The quantitative estimate of drug-likeness (QED) is 0.289. The van der Waals surface area contributed by atoms with E-state index in [4.69, 9.17) is 16.7 Å². The molecule has 0 aromatic heterocycles. The molecule has 0 unspecified atom stereocenters. The Morgan fingerprint density at radius 3 is 2.52 bits per heavy atom. The van der Waals surface area contributed by atoms with Crippen molar-refractivity contribution in [2.75, 3.05) is 16.8 Å². The number of nitrogens with one attached hydrogen (secondary N) is 1. The number of aliphatic carboxylic acids is 1. The largest absolute Gasteiger partial charge is 0.481 e. The fourth-order valence-corrected chi connectivity index (χ4v) is 3.84. The summed E-state index contributed by atoms with van der Waals surface area (Å²) in [5.74, 6) is -0.225. The molecule has 0 bridgehead atoms. The van der Waals surface area contributed by atoms with Gasteiger partial charge in [-0.25, -0.2) is 0 Å². The van der Waals surface area contributed by atoms with Crippen LogP contribution >= 0.6 is 23.4 Å². The molecule has 0 aliphatic carbocycles. The van der Waals surface area contributed by atoms with Crippen LogP contribution in [0.25, 0.3) is 6.08 Å². The average Bonchev–Trinajstić information content (AvgIpc) is 2.74. The van der Waals surface area contributed by atoms with Gasteiger partial charge < -0.3 is 10.4 Å². The molecule has 3 rings (SSSR count). The van der Waals surface area contributed by atoms with Crippen molar-refractivity contribution in [2.24, 2.45) is 0 Å². The normalized spacial score (nSPS) is 10.9. The van der Waals surface area contributed by atoms with Crippen LogP contribution < -0.4 is 5.32 Å². The van der Waals surface area contributed by atoms with Gasteiger partial charge in [-0.1, -0.05) is 66.2 Å². The topological polar surface area (TPSA) is 66.4 Å². The first-order valence-electron chi connectivity index (χ1n) is 9.67. The monoisotopic (exact) mass is 451 g/mol. The number of anilines is 2. The Hall–Kier alpha value is -3.02. The number of hydrogen-bond donors (Lipinski definition) is 2. The molecule has 0 radical (unpaired) electrons. The number of rotatable bonds is 9. The van der Waals surface area contributed by atoms with Gasteiger partial charge in [-0.15, -0.1) is 11.8 Å². The second-order valence-corrected chi connectivity index (χ2v) is 8.30. The minimum Gasteiger partial charge on any atom is -0.481 e. The van der Waals surface area contributed by atoms with E-state index in [1.807, 2.05) is 67.6 Å². The molecule has 0 aliphatic heterocycles. The van der Waals surface area contributed by atoms with Crippen molar-refractivity contribution in [3.05, 3.63) is 100 Å². The zero-order valence-electron chi connectivity index (χ0n) is 17.0. The van der Waals surface area contributed by atoms with Crippen molar-refractivity contribution < 1.29 is 14.7 Å². The van der Waals surface area contributed by atoms with Crippen LogP contribution in [0.4, 0.5) is 11.4 Å². The molecule has 0 saturated heterocycles. The SMILES string of the molecule is Cc1ccccc1C(=O)c1ccc(Nc2ccccc2/C=C/CSCC(=O)O)cc1Cl. The van der Waals surface area contributed by atoms with Crippen LogP contribution in [-0.2, 0) is 4.79 Å². The van der Waals surface area contributed by atoms with E-state index in [2.05, 4.69) is 5.32 Å². The highest BCUT2D eigenvalue weighted by molar-refractivity contribution is 8.00. The van der Waals surface area contributed by atoms with Crippen LogP contribution in [0.2, 0.25) is 5.02 Å². The summed E-state index contributed by atoms with van der Waals surface area (Å²) < 4.78 is 0. The van der Waals surface area contributed by atoms with Gasteiger partial charge in [-0.3, -0.25) is 9.59 Å². The lowest BCUT2D eigenvalue weighted by molar-refractivity contribution is -0.133. The van der Waals surface area contributed by atoms with Gasteiger partial charge in [0.1, 0.15) is 0 Å². The van der Waals surface area contributed by atoms with Crippen molar-refractivity contribution in [3.8, 4) is 0 Å². The molecule has 6 heteroatoms. The van der Waals surface area contributed by atoms with Crippen LogP contribution in [-0.4, -0.2) is 28.4 Å². The number of thioether (sulfide) groups is 1. The molecule has 0 saturated carbocycles. The number of aryl methyl sites for hydroxylation is 1. The summed E-state index contributed by atoms with van der Waals surface area (Å²) in [5.41, 5.74) is 4.64. The smallest absolute Gasteiger partial charge is 0.313 e. The number of carbonyl (C=O) groups is 2. The maximum Gasteiger partial charge on any atom is 0.313 e. The van der Waals surface area contributed by atoms with Crippen molar-refractivity contribution in [1.82, 2.24) is 0 Å². The Balaban J connectivity index is 1.75. The van der Waals surface area contributed by atoms with Gasteiger partial charge in [0, 0.05) is 28.3 Å². The molecule has 0 spiro atoms. The summed E-state index contributed by atoms with van der Waals surface area (Å²) >= 11 is 7.79. The Labute approximate surface area is 191 Å². The van der Waals surface area contributed by atoms with E-state index in [9.17, 15) is 9.59 Å². The van der Waals surface area contributed by atoms with E-state index in [-0.39, 0.29) is 11.5 Å². The Morgan fingerprint density at radius 2 is 1.77 bits per heavy atom. The lowest BCUT2D eigenvalue weighted by Crippen LogP contribution is -2.05. The lowest BCUT2D eigenvalue weighted by atomic mass is 9.99. The number of carboxylic acids is 1. The molecule has 158 valence electrons. The van der Waals surface area contributed by atoms with Crippen molar-refractivity contribution >= 4 is 52.6 Å². The van der Waals surface area contributed by atoms with Crippen molar-refractivity contribution in [1.29, 1.82) is 0 Å². The van der Waals surface area contributed by atoms with Gasteiger partial charge in [0.15, 0.2) is 5.78 Å². The Bertz CT molecular complexity index is 1130. The molecular weight excluding hydrogens is 430 g/mol. The summed E-state index contributed by atoms with van der Waals surface area (Å²) in [7, 11) is 0. The zero-order valence-corrected chi connectivity index (χ0v) is 18.5. The molecule has 31 heavy (non-hydrogen) atoms. The highest BCUT2D eigenvalue weighted by Gasteiger charge is 2.15. The third kappa shape index (κ3) is 6.23. The summed E-state index contributed by atoms with van der Waals surface area (Å²) in [6.07, 6.45) is 3.89. The fraction of sp³-hybridized carbons (Fsp3) is 0.120. The highest BCUT2D eigenvalue weighted by Crippen LogP contribution is 2.28. The van der Waals surface area contributed by atoms with E-state index in [0.29, 0.717) is 21.9 Å². The Kier molecular flexibility index (Phi) is 7.93. The van der Waals surface area contributed by atoms with Gasteiger partial charge >= 0.3 is 5.97 Å². The van der Waals surface area contributed by atoms with E-state index >= 15 is 0 Å². The second-order valence-electron chi connectivity index (χ2n) is 6.86. The molecule has 4 nitrogen and oxygen atoms in total. The first-order valence-corrected chi connectivity index (χ1v) is 11.2. The van der Waals surface area contributed by atoms with Crippen LogP contribution in [0.3, 0.4) is 0 Å². The summed E-state index contributed by atoms with van der Waals surface area (Å²) in [6.45, 7) is 1.90.